The molecule has 4 nitrogen and oxygen atoms in total. The van der Waals surface area contributed by atoms with E-state index >= 15 is 0 Å². The monoisotopic (exact) mass is 244 g/mol. The molecule has 1 unspecified atom stereocenters. The van der Waals surface area contributed by atoms with Crippen LogP contribution in [0, 0.1) is 0 Å². The number of hydrogen-bond donors (Lipinski definition) is 2. The van der Waals surface area contributed by atoms with Crippen LogP contribution >= 0.6 is 11.6 Å². The van der Waals surface area contributed by atoms with Crippen molar-refractivity contribution >= 4 is 17.5 Å². The van der Waals surface area contributed by atoms with Gasteiger partial charge in [-0.05, 0) is 25.8 Å². The lowest BCUT2D eigenvalue weighted by Crippen LogP contribution is -2.26. The third kappa shape index (κ3) is 3.87. The number of nitrogens with one attached hydrogen (secondary N) is 1. The summed E-state index contributed by atoms with van der Waals surface area (Å²) >= 11 is 5.78. The van der Waals surface area contributed by atoms with Gasteiger partial charge in [0.05, 0.1) is 11.1 Å². The van der Waals surface area contributed by atoms with E-state index in [-0.39, 0.29) is 12.0 Å². The van der Waals surface area contributed by atoms with Crippen LogP contribution in [0.5, 0.6) is 0 Å². The third-order valence-electron chi connectivity index (χ3n) is 2.29. The Balaban J connectivity index is 2.38. The number of amides is 1. The quantitative estimate of drug-likeness (QED) is 0.773. The summed E-state index contributed by atoms with van der Waals surface area (Å²) < 4.78 is 1.69. The molecule has 1 aromatic rings. The number of aromatic nitrogens is 1. The smallest absolute Gasteiger partial charge is 0.267 e. The molecule has 90 valence electrons. The molecular weight excluding hydrogens is 228 g/mol. The van der Waals surface area contributed by atoms with Crippen LogP contribution < -0.4 is 5.32 Å². The molecular formula is C11H17ClN2O2. The highest BCUT2D eigenvalue weighted by atomic mass is 35.5. The molecule has 0 saturated heterocycles. The van der Waals surface area contributed by atoms with E-state index in [0.29, 0.717) is 23.7 Å². The Morgan fingerprint density at radius 2 is 2.38 bits per heavy atom. The molecule has 1 rings (SSSR count). The highest BCUT2D eigenvalue weighted by Gasteiger charge is 2.10. The summed E-state index contributed by atoms with van der Waals surface area (Å²) in [5.41, 5.74) is 0.544. The van der Waals surface area contributed by atoms with Crippen molar-refractivity contribution in [2.45, 2.75) is 25.9 Å². The molecule has 0 radical (unpaired) electrons. The number of hydrogen-bond acceptors (Lipinski definition) is 2. The first kappa shape index (κ1) is 13.1. The van der Waals surface area contributed by atoms with Gasteiger partial charge in [-0.25, -0.2) is 0 Å². The fourth-order valence-electron chi connectivity index (χ4n) is 1.44. The van der Waals surface area contributed by atoms with Crippen molar-refractivity contribution in [2.75, 3.05) is 6.54 Å². The van der Waals surface area contributed by atoms with Gasteiger partial charge in [0.25, 0.3) is 5.91 Å². The fraction of sp³-hybridized carbons (Fsp3) is 0.545. The van der Waals surface area contributed by atoms with Crippen LogP contribution in [0.2, 0.25) is 5.02 Å². The third-order valence-corrected chi connectivity index (χ3v) is 2.50. The average Bonchev–Trinajstić information content (AvgIpc) is 2.52. The number of rotatable bonds is 5. The molecule has 0 spiro atoms. The molecule has 1 atom stereocenters. The molecule has 0 aliphatic heterocycles. The van der Waals surface area contributed by atoms with Gasteiger partial charge < -0.3 is 15.0 Å². The first-order valence-electron chi connectivity index (χ1n) is 5.29. The van der Waals surface area contributed by atoms with Gasteiger partial charge in [0.1, 0.15) is 5.69 Å². The molecule has 1 heterocycles. The minimum absolute atomic E-state index is 0.139. The first-order chi connectivity index (χ1) is 7.50. The van der Waals surface area contributed by atoms with Crippen LogP contribution in [0.15, 0.2) is 12.3 Å². The molecule has 0 bridgehead atoms. The lowest BCUT2D eigenvalue weighted by atomic mass is 10.2. The van der Waals surface area contributed by atoms with Gasteiger partial charge in [0.2, 0.25) is 0 Å². The summed E-state index contributed by atoms with van der Waals surface area (Å²) in [6.07, 6.45) is 2.82. The Morgan fingerprint density at radius 3 is 2.88 bits per heavy atom. The van der Waals surface area contributed by atoms with Crippen molar-refractivity contribution < 1.29 is 9.90 Å². The molecule has 16 heavy (non-hydrogen) atoms. The highest BCUT2D eigenvalue weighted by molar-refractivity contribution is 6.31. The minimum Gasteiger partial charge on any atom is -0.393 e. The van der Waals surface area contributed by atoms with Gasteiger partial charge in [0, 0.05) is 19.8 Å². The second-order valence-corrected chi connectivity index (χ2v) is 4.34. The lowest BCUT2D eigenvalue weighted by Gasteiger charge is -2.06. The number of halogens is 1. The molecule has 1 amide bonds. The van der Waals surface area contributed by atoms with Gasteiger partial charge in [-0.15, -0.1) is 0 Å². The summed E-state index contributed by atoms with van der Waals surface area (Å²) in [6.45, 7) is 2.30. The van der Waals surface area contributed by atoms with Crippen LogP contribution in [0.3, 0.4) is 0 Å². The Hall–Kier alpha value is -1.00. The molecule has 5 heteroatoms. The maximum atomic E-state index is 11.7. The fourth-order valence-corrected chi connectivity index (χ4v) is 1.69. The van der Waals surface area contributed by atoms with Gasteiger partial charge in [-0.1, -0.05) is 11.6 Å². The summed E-state index contributed by atoms with van der Waals surface area (Å²) in [4.78, 5) is 11.7. The van der Waals surface area contributed by atoms with E-state index in [0.717, 1.165) is 6.42 Å². The van der Waals surface area contributed by atoms with Crippen LogP contribution in [0.4, 0.5) is 0 Å². The van der Waals surface area contributed by atoms with Crippen LogP contribution in [-0.4, -0.2) is 28.2 Å². The zero-order valence-electron chi connectivity index (χ0n) is 9.53. The highest BCUT2D eigenvalue weighted by Crippen LogP contribution is 2.12. The number of nitrogens with zero attached hydrogens (tertiary/aromatic N) is 1. The Bertz CT molecular complexity index is 361. The second kappa shape index (κ2) is 5.92. The number of carbonyl (C=O) groups excluding carboxylic acids is 1. The van der Waals surface area contributed by atoms with Crippen molar-refractivity contribution in [3.05, 3.63) is 23.0 Å². The zero-order chi connectivity index (χ0) is 12.1. The number of aliphatic hydroxyl groups excluding tert-OH is 1. The van der Waals surface area contributed by atoms with E-state index in [1.165, 1.54) is 0 Å². The first-order valence-corrected chi connectivity index (χ1v) is 5.66. The van der Waals surface area contributed by atoms with Gasteiger partial charge in [-0.3, -0.25) is 4.79 Å². The average molecular weight is 245 g/mol. The predicted molar refractivity (Wildman–Crippen MR) is 63.7 cm³/mol. The number of aryl methyl sites for hydroxylation is 1. The summed E-state index contributed by atoms with van der Waals surface area (Å²) in [5.74, 6) is -0.139. The predicted octanol–water partition coefficient (Wildman–Crippen LogP) is 1.57. The van der Waals surface area contributed by atoms with Crippen LogP contribution in [-0.2, 0) is 7.05 Å². The van der Waals surface area contributed by atoms with Crippen molar-refractivity contribution in [1.82, 2.24) is 9.88 Å². The molecule has 0 fully saturated rings. The Labute approximate surface area is 100 Å². The van der Waals surface area contributed by atoms with E-state index in [2.05, 4.69) is 5.32 Å². The van der Waals surface area contributed by atoms with Crippen molar-refractivity contribution in [2.24, 2.45) is 7.05 Å². The molecule has 0 saturated carbocycles. The van der Waals surface area contributed by atoms with E-state index in [4.69, 9.17) is 16.7 Å². The molecule has 0 aliphatic rings. The van der Waals surface area contributed by atoms with Crippen LogP contribution in [0.25, 0.3) is 0 Å². The van der Waals surface area contributed by atoms with E-state index in [1.54, 1.807) is 30.8 Å². The van der Waals surface area contributed by atoms with Gasteiger partial charge >= 0.3 is 0 Å². The van der Waals surface area contributed by atoms with Crippen molar-refractivity contribution in [1.29, 1.82) is 0 Å². The molecule has 0 aromatic carbocycles. The topological polar surface area (TPSA) is 54.3 Å². The van der Waals surface area contributed by atoms with Crippen molar-refractivity contribution in [3.63, 3.8) is 0 Å². The number of carbonyl (C=O) groups is 1. The second-order valence-electron chi connectivity index (χ2n) is 3.90. The maximum absolute atomic E-state index is 11.7. The standard InChI is InChI=1S/C11H17ClN2O2/c1-8(15)4-3-5-13-11(16)10-6-9(12)7-14(10)2/h6-8,15H,3-5H2,1-2H3,(H,13,16). The van der Waals surface area contributed by atoms with E-state index in [9.17, 15) is 4.79 Å². The van der Waals surface area contributed by atoms with E-state index < -0.39 is 0 Å². The summed E-state index contributed by atoms with van der Waals surface area (Å²) in [6, 6.07) is 1.63. The maximum Gasteiger partial charge on any atom is 0.267 e. The van der Waals surface area contributed by atoms with Crippen LogP contribution in [0.1, 0.15) is 30.3 Å². The summed E-state index contributed by atoms with van der Waals surface area (Å²) in [7, 11) is 1.77. The molecule has 1 aromatic heterocycles. The number of aliphatic hydroxyl groups is 1. The minimum atomic E-state index is -0.318. The van der Waals surface area contributed by atoms with E-state index in [1.807, 2.05) is 0 Å². The van der Waals surface area contributed by atoms with Gasteiger partial charge in [0.15, 0.2) is 0 Å². The zero-order valence-corrected chi connectivity index (χ0v) is 10.3. The Morgan fingerprint density at radius 1 is 1.69 bits per heavy atom. The van der Waals surface area contributed by atoms with Crippen molar-refractivity contribution in [3.8, 4) is 0 Å². The summed E-state index contributed by atoms with van der Waals surface area (Å²) in [5, 5.41) is 12.4. The molecule has 2 N–H and O–H groups in total. The molecule has 0 aliphatic carbocycles. The largest absolute Gasteiger partial charge is 0.393 e. The lowest BCUT2D eigenvalue weighted by molar-refractivity contribution is 0.0941. The normalized spacial score (nSPS) is 12.5. The Kier molecular flexibility index (Phi) is 4.83. The van der Waals surface area contributed by atoms with Gasteiger partial charge in [-0.2, -0.15) is 0 Å². The SMILES string of the molecule is CC(O)CCCNC(=O)c1cc(Cl)cn1C.